The van der Waals surface area contributed by atoms with E-state index in [4.69, 9.17) is 21.3 Å². The fourth-order valence-electron chi connectivity index (χ4n) is 4.84. The Balaban J connectivity index is 1.51. The summed E-state index contributed by atoms with van der Waals surface area (Å²) in [7, 11) is 0. The molecule has 1 N–H and O–H groups in total. The van der Waals surface area contributed by atoms with Crippen LogP contribution in [0.25, 0.3) is 22.0 Å². The quantitative estimate of drug-likeness (QED) is 0.457. The van der Waals surface area contributed by atoms with Crippen molar-refractivity contribution in [1.82, 2.24) is 14.9 Å². The van der Waals surface area contributed by atoms with Gasteiger partial charge in [-0.1, -0.05) is 49.1 Å². The maximum atomic E-state index is 13.2. The second-order valence-electron chi connectivity index (χ2n) is 8.69. The van der Waals surface area contributed by atoms with Crippen molar-refractivity contribution in [1.29, 1.82) is 0 Å². The lowest BCUT2D eigenvalue weighted by atomic mass is 9.95. The molecule has 32 heavy (non-hydrogen) atoms. The molecule has 0 bridgehead atoms. The first-order chi connectivity index (χ1) is 15.6. The molecule has 7 heteroatoms. The van der Waals surface area contributed by atoms with Crippen LogP contribution in [-0.4, -0.2) is 28.1 Å². The van der Waals surface area contributed by atoms with Crippen LogP contribution >= 0.6 is 22.9 Å². The van der Waals surface area contributed by atoms with E-state index >= 15 is 0 Å². The summed E-state index contributed by atoms with van der Waals surface area (Å²) in [6.45, 7) is 2.76. The number of benzene rings is 1. The predicted molar refractivity (Wildman–Crippen MR) is 129 cm³/mol. The van der Waals surface area contributed by atoms with Crippen LogP contribution in [0.3, 0.4) is 0 Å². The first-order valence-corrected chi connectivity index (χ1v) is 12.7. The summed E-state index contributed by atoms with van der Waals surface area (Å²) in [5.41, 5.74) is 4.35. The zero-order valence-corrected chi connectivity index (χ0v) is 19.8. The van der Waals surface area contributed by atoms with E-state index in [0.717, 1.165) is 59.9 Å². The molecule has 1 aliphatic carbocycles. The molecule has 5 nitrogen and oxygen atoms in total. The molecular weight excluding hydrogens is 442 g/mol. The molecule has 1 saturated heterocycles. The minimum absolute atomic E-state index is 0.00829. The first kappa shape index (κ1) is 21.7. The standard InChI is InChI=1S/C25H28ClN3O2S/c1-16-19(24(30)27-17-8-3-2-4-9-17)14-22(29(16)23-12-7-13-31-23)21-15-32-25(28-21)18-10-5-6-11-20(18)26/h5-6,10-11,14-15,17,23H,2-4,7-9,12-13H2,1H3,(H,27,30). The van der Waals surface area contributed by atoms with Crippen LogP contribution in [0, 0.1) is 6.92 Å². The molecule has 3 heterocycles. The lowest BCUT2D eigenvalue weighted by molar-refractivity contribution is 0.0565. The van der Waals surface area contributed by atoms with E-state index in [1.54, 1.807) is 11.3 Å². The Morgan fingerprint density at radius 2 is 2.00 bits per heavy atom. The molecule has 0 radical (unpaired) electrons. The molecule has 1 unspecified atom stereocenters. The van der Waals surface area contributed by atoms with E-state index in [1.807, 2.05) is 42.6 Å². The van der Waals surface area contributed by atoms with Crippen molar-refractivity contribution in [2.24, 2.45) is 0 Å². The zero-order valence-electron chi connectivity index (χ0n) is 18.3. The molecule has 3 aromatic rings. The van der Waals surface area contributed by atoms with Crippen molar-refractivity contribution < 1.29 is 9.53 Å². The molecule has 2 aromatic heterocycles. The average molecular weight is 470 g/mol. The summed E-state index contributed by atoms with van der Waals surface area (Å²) in [6, 6.07) is 10.0. The topological polar surface area (TPSA) is 56.2 Å². The van der Waals surface area contributed by atoms with Crippen molar-refractivity contribution >= 4 is 28.8 Å². The van der Waals surface area contributed by atoms with E-state index in [2.05, 4.69) is 9.88 Å². The monoisotopic (exact) mass is 469 g/mol. The van der Waals surface area contributed by atoms with Gasteiger partial charge >= 0.3 is 0 Å². The molecule has 1 amide bonds. The molecule has 2 aliphatic rings. The van der Waals surface area contributed by atoms with Gasteiger partial charge in [-0.2, -0.15) is 0 Å². The Hall–Kier alpha value is -2.15. The van der Waals surface area contributed by atoms with E-state index < -0.39 is 0 Å². The lowest BCUT2D eigenvalue weighted by Crippen LogP contribution is -2.36. The first-order valence-electron chi connectivity index (χ1n) is 11.5. The SMILES string of the molecule is Cc1c(C(=O)NC2CCCCC2)cc(-c2csc(-c3ccccc3Cl)n2)n1C1CCCO1. The van der Waals surface area contributed by atoms with Crippen LogP contribution in [0.15, 0.2) is 35.7 Å². The second kappa shape index (κ2) is 9.38. The van der Waals surface area contributed by atoms with E-state index in [9.17, 15) is 4.79 Å². The highest BCUT2D eigenvalue weighted by atomic mass is 35.5. The number of hydrogen-bond donors (Lipinski definition) is 1. The molecule has 5 rings (SSSR count). The van der Waals surface area contributed by atoms with Gasteiger partial charge in [-0.05, 0) is 44.7 Å². The van der Waals surface area contributed by atoms with E-state index in [1.165, 1.54) is 19.3 Å². The molecule has 0 spiro atoms. The number of amides is 1. The van der Waals surface area contributed by atoms with Crippen LogP contribution in [0.1, 0.15) is 67.2 Å². The highest BCUT2D eigenvalue weighted by Gasteiger charge is 2.28. The van der Waals surface area contributed by atoms with Crippen molar-refractivity contribution in [2.45, 2.75) is 64.1 Å². The van der Waals surface area contributed by atoms with E-state index in [-0.39, 0.29) is 18.2 Å². The maximum Gasteiger partial charge on any atom is 0.253 e. The fourth-order valence-corrected chi connectivity index (χ4v) is 5.98. The van der Waals surface area contributed by atoms with Crippen LogP contribution < -0.4 is 5.32 Å². The Morgan fingerprint density at radius 3 is 2.75 bits per heavy atom. The maximum absolute atomic E-state index is 13.2. The summed E-state index contributed by atoms with van der Waals surface area (Å²) >= 11 is 7.97. The van der Waals surface area contributed by atoms with Crippen LogP contribution in [0.5, 0.6) is 0 Å². The third kappa shape index (κ3) is 4.24. The number of carbonyl (C=O) groups excluding carboxylic acids is 1. The second-order valence-corrected chi connectivity index (χ2v) is 9.96. The Labute approximate surface area is 197 Å². The summed E-state index contributed by atoms with van der Waals surface area (Å²) in [5, 5.41) is 6.87. The number of halogens is 1. The normalized spacial score (nSPS) is 19.4. The number of hydrogen-bond acceptors (Lipinski definition) is 4. The molecule has 1 saturated carbocycles. The van der Waals surface area contributed by atoms with Crippen molar-refractivity contribution in [3.05, 3.63) is 52.0 Å². The molecule has 168 valence electrons. The Morgan fingerprint density at radius 1 is 1.19 bits per heavy atom. The average Bonchev–Trinajstić information content (AvgIpc) is 3.54. The largest absolute Gasteiger partial charge is 0.358 e. The van der Waals surface area contributed by atoms with Gasteiger partial charge in [0.2, 0.25) is 0 Å². The summed E-state index contributed by atoms with van der Waals surface area (Å²) in [6.07, 6.45) is 7.68. The summed E-state index contributed by atoms with van der Waals surface area (Å²) < 4.78 is 8.18. The third-order valence-corrected chi connectivity index (χ3v) is 7.75. The smallest absolute Gasteiger partial charge is 0.253 e. The third-order valence-electron chi connectivity index (χ3n) is 6.54. The fraction of sp³-hybridized carbons (Fsp3) is 0.440. The minimum atomic E-state index is -0.0632. The Bertz CT molecular complexity index is 1110. The number of nitrogens with zero attached hydrogens (tertiary/aromatic N) is 2. The molecular formula is C25H28ClN3O2S. The zero-order chi connectivity index (χ0) is 22.1. The summed E-state index contributed by atoms with van der Waals surface area (Å²) in [4.78, 5) is 18.1. The number of thiazole rings is 1. The summed E-state index contributed by atoms with van der Waals surface area (Å²) in [5.74, 6) is 0.00829. The molecule has 1 aromatic carbocycles. The van der Waals surface area contributed by atoms with Gasteiger partial charge in [0.15, 0.2) is 0 Å². The van der Waals surface area contributed by atoms with Gasteiger partial charge in [-0.15, -0.1) is 11.3 Å². The predicted octanol–water partition coefficient (Wildman–Crippen LogP) is 6.61. The number of rotatable bonds is 5. The van der Waals surface area contributed by atoms with Crippen LogP contribution in [-0.2, 0) is 4.74 Å². The van der Waals surface area contributed by atoms with Gasteiger partial charge in [0, 0.05) is 29.3 Å². The van der Waals surface area contributed by atoms with Gasteiger partial charge in [-0.25, -0.2) is 4.98 Å². The van der Waals surface area contributed by atoms with Crippen molar-refractivity contribution in [3.8, 4) is 22.0 Å². The van der Waals surface area contributed by atoms with Gasteiger partial charge in [0.05, 0.1) is 22.0 Å². The highest BCUT2D eigenvalue weighted by Crippen LogP contribution is 2.37. The molecule has 1 atom stereocenters. The minimum Gasteiger partial charge on any atom is -0.358 e. The van der Waals surface area contributed by atoms with Crippen LogP contribution in [0.2, 0.25) is 5.02 Å². The van der Waals surface area contributed by atoms with Gasteiger partial charge in [0.1, 0.15) is 11.2 Å². The van der Waals surface area contributed by atoms with Crippen LogP contribution in [0.4, 0.5) is 0 Å². The van der Waals surface area contributed by atoms with Crippen molar-refractivity contribution in [3.63, 3.8) is 0 Å². The molecule has 1 aliphatic heterocycles. The van der Waals surface area contributed by atoms with Gasteiger partial charge in [-0.3, -0.25) is 4.79 Å². The number of ether oxygens (including phenoxy) is 1. The lowest BCUT2D eigenvalue weighted by Gasteiger charge is -2.23. The van der Waals surface area contributed by atoms with E-state index in [0.29, 0.717) is 10.6 Å². The number of aromatic nitrogens is 2. The number of nitrogens with one attached hydrogen (secondary N) is 1. The highest BCUT2D eigenvalue weighted by molar-refractivity contribution is 7.13. The van der Waals surface area contributed by atoms with Gasteiger partial charge < -0.3 is 14.6 Å². The number of carbonyl (C=O) groups is 1. The van der Waals surface area contributed by atoms with Gasteiger partial charge in [0.25, 0.3) is 5.91 Å². The molecule has 2 fully saturated rings. The Kier molecular flexibility index (Phi) is 6.35. The van der Waals surface area contributed by atoms with Crippen molar-refractivity contribution in [2.75, 3.05) is 6.61 Å².